The lowest BCUT2D eigenvalue weighted by Gasteiger charge is -2.09. The second-order valence-corrected chi connectivity index (χ2v) is 2.76. The Labute approximate surface area is 82.6 Å². The maximum absolute atomic E-state index is 12.5. The molecule has 0 amide bonds. The minimum atomic E-state index is -4.44. The van der Waals surface area contributed by atoms with Gasteiger partial charge in [0.1, 0.15) is 6.26 Å². The van der Waals surface area contributed by atoms with Crippen LogP contribution in [0.4, 0.5) is 13.2 Å². The summed E-state index contributed by atoms with van der Waals surface area (Å²) >= 11 is 0. The maximum Gasteiger partial charge on any atom is 0.417 e. The summed E-state index contributed by atoms with van der Waals surface area (Å²) in [6.45, 7) is 0. The molecular weight excluding hydrogens is 209 g/mol. The van der Waals surface area contributed by atoms with Gasteiger partial charge in [-0.25, -0.2) is 4.98 Å². The molecule has 0 saturated carbocycles. The summed E-state index contributed by atoms with van der Waals surface area (Å²) in [5.74, 6) is -0.0876. The van der Waals surface area contributed by atoms with Crippen LogP contribution in [0.25, 0.3) is 11.5 Å². The van der Waals surface area contributed by atoms with E-state index in [1.165, 1.54) is 12.5 Å². The monoisotopic (exact) mass is 214 g/mol. The van der Waals surface area contributed by atoms with Crippen molar-refractivity contribution in [2.75, 3.05) is 0 Å². The van der Waals surface area contributed by atoms with Crippen LogP contribution in [0.5, 0.6) is 0 Å². The van der Waals surface area contributed by atoms with Crippen molar-refractivity contribution in [3.63, 3.8) is 0 Å². The van der Waals surface area contributed by atoms with Crippen LogP contribution in [0.3, 0.4) is 0 Å². The summed E-state index contributed by atoms with van der Waals surface area (Å²) in [5, 5.41) is 0. The first-order valence-corrected chi connectivity index (χ1v) is 4.00. The summed E-state index contributed by atoms with van der Waals surface area (Å²) in [7, 11) is 0. The zero-order valence-electron chi connectivity index (χ0n) is 7.32. The molecular formula is C9H5F3N2O. The maximum atomic E-state index is 12.5. The topological polar surface area (TPSA) is 38.9 Å². The Morgan fingerprint density at radius 1 is 1.20 bits per heavy atom. The molecule has 3 nitrogen and oxygen atoms in total. The highest BCUT2D eigenvalue weighted by molar-refractivity contribution is 5.57. The number of halogens is 3. The lowest BCUT2D eigenvalue weighted by atomic mass is 10.1. The molecule has 2 aromatic heterocycles. The fourth-order valence-electron chi connectivity index (χ4n) is 1.17. The first kappa shape index (κ1) is 9.70. The smallest absolute Gasteiger partial charge is 0.417 e. The molecule has 0 fully saturated rings. The molecule has 0 bridgehead atoms. The van der Waals surface area contributed by atoms with Gasteiger partial charge in [0.2, 0.25) is 5.89 Å². The summed E-state index contributed by atoms with van der Waals surface area (Å²) in [4.78, 5) is 7.27. The largest absolute Gasteiger partial charge is 0.444 e. The molecule has 2 heterocycles. The fourth-order valence-corrected chi connectivity index (χ4v) is 1.17. The highest BCUT2D eigenvalue weighted by Gasteiger charge is 2.34. The van der Waals surface area contributed by atoms with Crippen molar-refractivity contribution in [2.24, 2.45) is 0 Å². The number of hydrogen-bond donors (Lipinski definition) is 0. The molecule has 0 atom stereocenters. The average molecular weight is 214 g/mol. The fraction of sp³-hybridized carbons (Fsp3) is 0.111. The standard InChI is InChI=1S/C9H5F3N2O/c10-9(11,12)7-1-2-13-5-6(7)8-14-3-4-15-8/h1-5H. The van der Waals surface area contributed by atoms with Crippen molar-refractivity contribution in [1.29, 1.82) is 0 Å². The van der Waals surface area contributed by atoms with Crippen molar-refractivity contribution in [2.45, 2.75) is 6.18 Å². The third-order valence-corrected chi connectivity index (χ3v) is 1.79. The van der Waals surface area contributed by atoms with Gasteiger partial charge in [0.15, 0.2) is 0 Å². The van der Waals surface area contributed by atoms with Gasteiger partial charge in [0.05, 0.1) is 17.3 Å². The molecule has 15 heavy (non-hydrogen) atoms. The van der Waals surface area contributed by atoms with Gasteiger partial charge in [-0.2, -0.15) is 13.2 Å². The van der Waals surface area contributed by atoms with E-state index < -0.39 is 11.7 Å². The third kappa shape index (κ3) is 1.83. The van der Waals surface area contributed by atoms with E-state index in [0.29, 0.717) is 0 Å². The number of oxazole rings is 1. The molecule has 0 aliphatic heterocycles. The van der Waals surface area contributed by atoms with Gasteiger partial charge in [0, 0.05) is 12.4 Å². The Balaban J connectivity index is 2.58. The minimum absolute atomic E-state index is 0.0876. The number of nitrogens with zero attached hydrogens (tertiary/aromatic N) is 2. The molecule has 2 aromatic rings. The molecule has 0 saturated heterocycles. The first-order valence-electron chi connectivity index (χ1n) is 4.00. The molecule has 78 valence electrons. The van der Waals surface area contributed by atoms with E-state index in [0.717, 1.165) is 18.5 Å². The Morgan fingerprint density at radius 3 is 2.60 bits per heavy atom. The van der Waals surface area contributed by atoms with Crippen molar-refractivity contribution < 1.29 is 17.6 Å². The van der Waals surface area contributed by atoms with Gasteiger partial charge < -0.3 is 4.42 Å². The molecule has 0 aliphatic rings. The van der Waals surface area contributed by atoms with E-state index in [1.807, 2.05) is 0 Å². The third-order valence-electron chi connectivity index (χ3n) is 1.79. The van der Waals surface area contributed by atoms with Gasteiger partial charge in [-0.3, -0.25) is 4.98 Å². The van der Waals surface area contributed by atoms with Crippen LogP contribution in [0.15, 0.2) is 35.3 Å². The number of alkyl halides is 3. The lowest BCUT2D eigenvalue weighted by Crippen LogP contribution is -2.07. The van der Waals surface area contributed by atoms with E-state index in [4.69, 9.17) is 4.42 Å². The van der Waals surface area contributed by atoms with Crippen LogP contribution >= 0.6 is 0 Å². The molecule has 6 heteroatoms. The van der Waals surface area contributed by atoms with Crippen LogP contribution in [0, 0.1) is 0 Å². The van der Waals surface area contributed by atoms with Crippen molar-refractivity contribution in [3.05, 3.63) is 36.5 Å². The molecule has 0 radical (unpaired) electrons. The average Bonchev–Trinajstić information content (AvgIpc) is 2.69. The summed E-state index contributed by atoms with van der Waals surface area (Å²) < 4.78 is 42.4. The van der Waals surface area contributed by atoms with Crippen molar-refractivity contribution in [3.8, 4) is 11.5 Å². The van der Waals surface area contributed by atoms with E-state index >= 15 is 0 Å². The normalized spacial score (nSPS) is 11.7. The quantitative estimate of drug-likeness (QED) is 0.732. The summed E-state index contributed by atoms with van der Waals surface area (Å²) in [5.41, 5.74) is -0.963. The molecule has 0 aromatic carbocycles. The van der Waals surface area contributed by atoms with Gasteiger partial charge >= 0.3 is 6.18 Å². The van der Waals surface area contributed by atoms with E-state index in [2.05, 4.69) is 9.97 Å². The van der Waals surface area contributed by atoms with Gasteiger partial charge in [0.25, 0.3) is 0 Å². The predicted octanol–water partition coefficient (Wildman–Crippen LogP) is 2.76. The van der Waals surface area contributed by atoms with Gasteiger partial charge in [-0.1, -0.05) is 0 Å². The molecule has 0 unspecified atom stereocenters. The van der Waals surface area contributed by atoms with Crippen LogP contribution in [0.2, 0.25) is 0 Å². The lowest BCUT2D eigenvalue weighted by molar-refractivity contribution is -0.137. The van der Waals surface area contributed by atoms with Crippen LogP contribution < -0.4 is 0 Å². The van der Waals surface area contributed by atoms with Crippen molar-refractivity contribution >= 4 is 0 Å². The molecule has 0 N–H and O–H groups in total. The Kier molecular flexibility index (Phi) is 2.18. The Hall–Kier alpha value is -1.85. The Bertz CT molecular complexity index is 451. The van der Waals surface area contributed by atoms with Crippen LogP contribution in [0.1, 0.15) is 5.56 Å². The van der Waals surface area contributed by atoms with Gasteiger partial charge in [-0.05, 0) is 6.07 Å². The minimum Gasteiger partial charge on any atom is -0.444 e. The highest BCUT2D eigenvalue weighted by atomic mass is 19.4. The first-order chi connectivity index (χ1) is 7.09. The highest BCUT2D eigenvalue weighted by Crippen LogP contribution is 2.35. The van der Waals surface area contributed by atoms with Crippen LogP contribution in [-0.4, -0.2) is 9.97 Å². The van der Waals surface area contributed by atoms with E-state index in [9.17, 15) is 13.2 Å². The van der Waals surface area contributed by atoms with Crippen LogP contribution in [-0.2, 0) is 6.18 Å². The predicted molar refractivity (Wildman–Crippen MR) is 44.7 cm³/mol. The molecule has 0 aliphatic carbocycles. The zero-order chi connectivity index (χ0) is 10.9. The zero-order valence-corrected chi connectivity index (χ0v) is 7.32. The molecule has 2 rings (SSSR count). The number of hydrogen-bond acceptors (Lipinski definition) is 3. The number of aromatic nitrogens is 2. The molecule has 0 spiro atoms. The van der Waals surface area contributed by atoms with E-state index in [-0.39, 0.29) is 11.5 Å². The number of rotatable bonds is 1. The number of pyridine rings is 1. The van der Waals surface area contributed by atoms with Crippen molar-refractivity contribution in [1.82, 2.24) is 9.97 Å². The summed E-state index contributed by atoms with van der Waals surface area (Å²) in [6, 6.07) is 0.888. The van der Waals surface area contributed by atoms with E-state index in [1.54, 1.807) is 0 Å². The Morgan fingerprint density at radius 2 is 2.00 bits per heavy atom. The second-order valence-electron chi connectivity index (χ2n) is 2.76. The SMILES string of the molecule is FC(F)(F)c1ccncc1-c1ncco1. The second kappa shape index (κ2) is 3.38. The van der Waals surface area contributed by atoms with Gasteiger partial charge in [-0.15, -0.1) is 0 Å². The summed E-state index contributed by atoms with van der Waals surface area (Å²) in [6.07, 6.45) is 0.210.